The van der Waals surface area contributed by atoms with E-state index in [1.54, 1.807) is 0 Å². The summed E-state index contributed by atoms with van der Waals surface area (Å²) >= 11 is 0. The average Bonchev–Trinajstić information content (AvgIpc) is 2.46. The van der Waals surface area contributed by atoms with Gasteiger partial charge in [-0.3, -0.25) is 0 Å². The van der Waals surface area contributed by atoms with Gasteiger partial charge in [0.05, 0.1) is 17.5 Å². The fourth-order valence-corrected chi connectivity index (χ4v) is 3.70. The van der Waals surface area contributed by atoms with E-state index >= 15 is 0 Å². The molecule has 1 aromatic rings. The lowest BCUT2D eigenvalue weighted by atomic mass is 9.80. The van der Waals surface area contributed by atoms with Crippen molar-refractivity contribution in [3.63, 3.8) is 0 Å². The molecule has 0 aromatic carbocycles. The van der Waals surface area contributed by atoms with Gasteiger partial charge >= 0.3 is 0 Å². The van der Waals surface area contributed by atoms with Gasteiger partial charge in [0, 0.05) is 44.0 Å². The Morgan fingerprint density at radius 3 is 2.81 bits per heavy atom. The summed E-state index contributed by atoms with van der Waals surface area (Å²) in [6.45, 7) is 2.92. The van der Waals surface area contributed by atoms with Gasteiger partial charge in [0.2, 0.25) is 0 Å². The normalized spacial score (nSPS) is 26.2. The van der Waals surface area contributed by atoms with Crippen molar-refractivity contribution < 1.29 is 4.74 Å². The fraction of sp³-hybridized carbons (Fsp3) is 0.765. The van der Waals surface area contributed by atoms with E-state index in [0.29, 0.717) is 12.0 Å². The Kier molecular flexibility index (Phi) is 3.91. The zero-order valence-electron chi connectivity index (χ0n) is 12.7. The minimum Gasteiger partial charge on any atom is -0.378 e. The molecule has 3 aliphatic rings. The Balaban J connectivity index is 1.60. The highest BCUT2D eigenvalue weighted by atomic mass is 16.5. The second-order valence-corrected chi connectivity index (χ2v) is 6.70. The molecule has 1 N–H and O–H groups in total. The molecule has 0 radical (unpaired) electrons. The van der Waals surface area contributed by atoms with Crippen molar-refractivity contribution in [1.29, 1.82) is 0 Å². The number of aromatic nitrogens is 2. The summed E-state index contributed by atoms with van der Waals surface area (Å²) in [6, 6.07) is 0. The molecule has 1 aliphatic carbocycles. The number of hydrogen-bond donors (Lipinski definition) is 1. The fourth-order valence-electron chi connectivity index (χ4n) is 3.70. The molecule has 4 heteroatoms. The van der Waals surface area contributed by atoms with Crippen LogP contribution in [-0.4, -0.2) is 29.2 Å². The summed E-state index contributed by atoms with van der Waals surface area (Å²) in [5.41, 5.74) is 4.06. The van der Waals surface area contributed by atoms with E-state index in [0.717, 1.165) is 38.4 Å². The van der Waals surface area contributed by atoms with E-state index < -0.39 is 0 Å². The molecule has 1 atom stereocenters. The van der Waals surface area contributed by atoms with E-state index in [4.69, 9.17) is 14.7 Å². The highest BCUT2D eigenvalue weighted by Gasteiger charge is 2.28. The molecule has 114 valence electrons. The molecule has 21 heavy (non-hydrogen) atoms. The first-order valence-electron chi connectivity index (χ1n) is 8.61. The average molecular weight is 287 g/mol. The molecule has 4 nitrogen and oxygen atoms in total. The molecule has 0 spiro atoms. The Labute approximate surface area is 126 Å². The van der Waals surface area contributed by atoms with Gasteiger partial charge in [0.15, 0.2) is 0 Å². The monoisotopic (exact) mass is 287 g/mol. The van der Waals surface area contributed by atoms with Crippen molar-refractivity contribution in [3.8, 4) is 0 Å². The van der Waals surface area contributed by atoms with Crippen molar-refractivity contribution in [1.82, 2.24) is 15.3 Å². The first kappa shape index (κ1) is 13.6. The van der Waals surface area contributed by atoms with Crippen LogP contribution in [0.3, 0.4) is 0 Å². The van der Waals surface area contributed by atoms with Gasteiger partial charge in [-0.05, 0) is 32.1 Å². The SMILES string of the molecule is C1CCC(Cc2nc3c(c(C4CCC4)n2)CNCC3)OC1. The summed E-state index contributed by atoms with van der Waals surface area (Å²) < 4.78 is 5.87. The molecular formula is C17H25N3O. The molecule has 0 amide bonds. The molecule has 3 heterocycles. The predicted octanol–water partition coefficient (Wildman–Crippen LogP) is 2.50. The van der Waals surface area contributed by atoms with Gasteiger partial charge in [-0.25, -0.2) is 9.97 Å². The molecule has 0 bridgehead atoms. The predicted molar refractivity (Wildman–Crippen MR) is 81.3 cm³/mol. The van der Waals surface area contributed by atoms with Crippen molar-refractivity contribution in [2.24, 2.45) is 0 Å². The zero-order chi connectivity index (χ0) is 14.1. The molecule has 1 saturated carbocycles. The molecule has 1 unspecified atom stereocenters. The van der Waals surface area contributed by atoms with Crippen LogP contribution in [-0.2, 0) is 24.1 Å². The third-order valence-electron chi connectivity index (χ3n) is 5.19. The van der Waals surface area contributed by atoms with E-state index in [-0.39, 0.29) is 0 Å². The van der Waals surface area contributed by atoms with Gasteiger partial charge in [-0.2, -0.15) is 0 Å². The van der Waals surface area contributed by atoms with E-state index in [1.165, 1.54) is 55.5 Å². The molecule has 1 saturated heterocycles. The number of rotatable bonds is 3. The summed E-state index contributed by atoms with van der Waals surface area (Å²) in [5, 5.41) is 3.48. The largest absolute Gasteiger partial charge is 0.378 e. The van der Waals surface area contributed by atoms with Crippen LogP contribution in [0.1, 0.15) is 67.2 Å². The van der Waals surface area contributed by atoms with Crippen LogP contribution in [0.5, 0.6) is 0 Å². The summed E-state index contributed by atoms with van der Waals surface area (Å²) in [7, 11) is 0. The van der Waals surface area contributed by atoms with E-state index in [1.807, 2.05) is 0 Å². The number of nitrogens with one attached hydrogen (secondary N) is 1. The second kappa shape index (κ2) is 6.01. The third-order valence-corrected chi connectivity index (χ3v) is 5.19. The smallest absolute Gasteiger partial charge is 0.131 e. The van der Waals surface area contributed by atoms with Gasteiger partial charge in [-0.1, -0.05) is 6.42 Å². The summed E-state index contributed by atoms with van der Waals surface area (Å²) in [4.78, 5) is 9.85. The van der Waals surface area contributed by atoms with Crippen LogP contribution >= 0.6 is 0 Å². The molecule has 2 aliphatic heterocycles. The van der Waals surface area contributed by atoms with Gasteiger partial charge in [0.1, 0.15) is 5.82 Å². The van der Waals surface area contributed by atoms with Crippen molar-refractivity contribution >= 4 is 0 Å². The van der Waals surface area contributed by atoms with Crippen LogP contribution in [0, 0.1) is 0 Å². The van der Waals surface area contributed by atoms with Crippen LogP contribution in [0.15, 0.2) is 0 Å². The highest BCUT2D eigenvalue weighted by Crippen LogP contribution is 2.38. The summed E-state index contributed by atoms with van der Waals surface area (Å²) in [5.74, 6) is 1.72. The van der Waals surface area contributed by atoms with Crippen LogP contribution in [0.2, 0.25) is 0 Å². The lowest BCUT2D eigenvalue weighted by Gasteiger charge is -2.30. The quantitative estimate of drug-likeness (QED) is 0.928. The molecule has 2 fully saturated rings. The Bertz CT molecular complexity index is 507. The lowest BCUT2D eigenvalue weighted by molar-refractivity contribution is 0.0155. The van der Waals surface area contributed by atoms with Crippen LogP contribution < -0.4 is 5.32 Å². The van der Waals surface area contributed by atoms with Crippen LogP contribution in [0.4, 0.5) is 0 Å². The molecule has 4 rings (SSSR count). The minimum atomic E-state index is 0.341. The first-order chi connectivity index (χ1) is 10.4. The van der Waals surface area contributed by atoms with E-state index in [2.05, 4.69) is 5.32 Å². The van der Waals surface area contributed by atoms with Crippen LogP contribution in [0.25, 0.3) is 0 Å². The summed E-state index contributed by atoms with van der Waals surface area (Å²) in [6.07, 6.45) is 9.93. The number of nitrogens with zero attached hydrogens (tertiary/aromatic N) is 2. The number of hydrogen-bond acceptors (Lipinski definition) is 4. The molecule has 1 aromatic heterocycles. The van der Waals surface area contributed by atoms with E-state index in [9.17, 15) is 0 Å². The Morgan fingerprint density at radius 1 is 1.10 bits per heavy atom. The van der Waals surface area contributed by atoms with Crippen molar-refractivity contribution in [3.05, 3.63) is 22.8 Å². The Morgan fingerprint density at radius 2 is 2.05 bits per heavy atom. The maximum Gasteiger partial charge on any atom is 0.131 e. The third kappa shape index (κ3) is 2.84. The lowest BCUT2D eigenvalue weighted by Crippen LogP contribution is -2.30. The number of fused-ring (bicyclic) bond motifs is 1. The highest BCUT2D eigenvalue weighted by molar-refractivity contribution is 5.32. The zero-order valence-corrected chi connectivity index (χ0v) is 12.7. The second-order valence-electron chi connectivity index (χ2n) is 6.70. The maximum absolute atomic E-state index is 5.87. The van der Waals surface area contributed by atoms with Gasteiger partial charge in [0.25, 0.3) is 0 Å². The first-order valence-corrected chi connectivity index (χ1v) is 8.61. The molecular weight excluding hydrogens is 262 g/mol. The van der Waals surface area contributed by atoms with Crippen molar-refractivity contribution in [2.45, 2.75) is 69.9 Å². The standard InChI is InChI=1S/C17H25N3O/c1-2-9-21-13(6-1)10-16-19-15-7-8-18-11-14(15)17(20-16)12-4-3-5-12/h12-13,18H,1-11H2. The van der Waals surface area contributed by atoms with Gasteiger partial charge < -0.3 is 10.1 Å². The minimum absolute atomic E-state index is 0.341. The Hall–Kier alpha value is -1.00. The van der Waals surface area contributed by atoms with Crippen molar-refractivity contribution in [2.75, 3.05) is 13.2 Å². The van der Waals surface area contributed by atoms with Gasteiger partial charge in [-0.15, -0.1) is 0 Å². The number of ether oxygens (including phenoxy) is 1. The topological polar surface area (TPSA) is 47.0 Å². The maximum atomic E-state index is 5.87.